The van der Waals surface area contributed by atoms with Gasteiger partial charge in [-0.1, -0.05) is 60.7 Å². The lowest BCUT2D eigenvalue weighted by Crippen LogP contribution is -2.57. The molecule has 1 amide bonds. The second-order valence-corrected chi connectivity index (χ2v) is 10.3. The summed E-state index contributed by atoms with van der Waals surface area (Å²) in [6, 6.07) is 22.8. The van der Waals surface area contributed by atoms with Crippen LogP contribution >= 0.6 is 0 Å². The molecule has 7 heteroatoms. The molecule has 1 atom stereocenters. The van der Waals surface area contributed by atoms with Gasteiger partial charge in [-0.05, 0) is 66.7 Å². The van der Waals surface area contributed by atoms with Gasteiger partial charge in [0.2, 0.25) is 11.6 Å². The summed E-state index contributed by atoms with van der Waals surface area (Å²) < 4.78 is 0. The molecule has 3 aliphatic rings. The SMILES string of the molecule is Nc1cc(C(CC(=O)NC23CCC(c4ccccc4)(CC2)CC3)c2ccccc2)c2n[nH]nc2n1. The first-order chi connectivity index (χ1) is 17.1. The average Bonchev–Trinajstić information content (AvgIpc) is 3.37. The van der Waals surface area contributed by atoms with E-state index in [0.29, 0.717) is 23.4 Å². The number of carbonyl (C=O) groups is 1. The van der Waals surface area contributed by atoms with Crippen LogP contribution in [-0.2, 0) is 10.2 Å². The van der Waals surface area contributed by atoms with Gasteiger partial charge in [-0.3, -0.25) is 4.79 Å². The van der Waals surface area contributed by atoms with E-state index in [9.17, 15) is 4.79 Å². The molecule has 0 saturated heterocycles. The van der Waals surface area contributed by atoms with Crippen LogP contribution in [0.3, 0.4) is 0 Å². The lowest BCUT2D eigenvalue weighted by Gasteiger charge is -2.54. The van der Waals surface area contributed by atoms with Gasteiger partial charge in [0.1, 0.15) is 11.3 Å². The van der Waals surface area contributed by atoms with E-state index in [1.807, 2.05) is 36.4 Å². The number of hydrogen-bond acceptors (Lipinski definition) is 5. The summed E-state index contributed by atoms with van der Waals surface area (Å²) in [6.45, 7) is 0. The number of hydrogen-bond donors (Lipinski definition) is 3. The number of nitrogen functional groups attached to an aromatic ring is 1. The number of aromatic nitrogens is 4. The second kappa shape index (κ2) is 8.48. The Bertz CT molecular complexity index is 1330. The fraction of sp³-hybridized carbons (Fsp3) is 0.357. The number of aromatic amines is 1. The summed E-state index contributed by atoms with van der Waals surface area (Å²) in [5, 5.41) is 14.6. The van der Waals surface area contributed by atoms with Crippen molar-refractivity contribution in [1.29, 1.82) is 0 Å². The third kappa shape index (κ3) is 3.95. The van der Waals surface area contributed by atoms with Gasteiger partial charge in [0.25, 0.3) is 0 Å². The summed E-state index contributed by atoms with van der Waals surface area (Å²) in [5.41, 5.74) is 10.8. The van der Waals surface area contributed by atoms with E-state index in [4.69, 9.17) is 5.73 Å². The summed E-state index contributed by atoms with van der Waals surface area (Å²) in [7, 11) is 0. The van der Waals surface area contributed by atoms with Gasteiger partial charge in [0, 0.05) is 17.9 Å². The first-order valence-electron chi connectivity index (χ1n) is 12.4. The maximum absolute atomic E-state index is 13.6. The van der Waals surface area contributed by atoms with E-state index in [1.54, 1.807) is 0 Å². The smallest absolute Gasteiger partial charge is 0.221 e. The molecule has 0 radical (unpaired) electrons. The Balaban J connectivity index is 1.24. The fourth-order valence-corrected chi connectivity index (χ4v) is 6.37. The Kier molecular flexibility index (Phi) is 5.28. The molecule has 2 bridgehead atoms. The Morgan fingerprint density at radius 1 is 0.943 bits per heavy atom. The van der Waals surface area contributed by atoms with Crippen LogP contribution < -0.4 is 11.1 Å². The first kappa shape index (κ1) is 21.8. The molecule has 35 heavy (non-hydrogen) atoms. The Morgan fingerprint density at radius 3 is 2.29 bits per heavy atom. The highest BCUT2D eigenvalue weighted by Gasteiger charge is 2.49. The number of anilines is 1. The van der Waals surface area contributed by atoms with Crippen molar-refractivity contribution in [2.24, 2.45) is 0 Å². The highest BCUT2D eigenvalue weighted by Crippen LogP contribution is 2.53. The lowest BCUT2D eigenvalue weighted by molar-refractivity contribution is -0.124. The van der Waals surface area contributed by atoms with Crippen molar-refractivity contribution in [3.05, 3.63) is 83.4 Å². The average molecular weight is 467 g/mol. The van der Waals surface area contributed by atoms with Crippen LogP contribution in [0.2, 0.25) is 0 Å². The van der Waals surface area contributed by atoms with Crippen molar-refractivity contribution in [2.45, 2.75) is 61.8 Å². The molecule has 0 aliphatic heterocycles. The number of H-pyrrole nitrogens is 1. The predicted octanol–water partition coefficient (Wildman–Crippen LogP) is 4.62. The van der Waals surface area contributed by atoms with E-state index >= 15 is 0 Å². The lowest BCUT2D eigenvalue weighted by atomic mass is 9.55. The van der Waals surface area contributed by atoms with Gasteiger partial charge < -0.3 is 11.1 Å². The molecule has 4 N–H and O–H groups in total. The van der Waals surface area contributed by atoms with Gasteiger partial charge in [-0.2, -0.15) is 10.3 Å². The van der Waals surface area contributed by atoms with Gasteiger partial charge in [0.05, 0.1) is 0 Å². The van der Waals surface area contributed by atoms with Gasteiger partial charge >= 0.3 is 0 Å². The topological polar surface area (TPSA) is 110 Å². The van der Waals surface area contributed by atoms with Crippen LogP contribution in [0.1, 0.15) is 67.6 Å². The fourth-order valence-electron chi connectivity index (χ4n) is 6.37. The summed E-state index contributed by atoms with van der Waals surface area (Å²) >= 11 is 0. The van der Waals surface area contributed by atoms with Crippen LogP contribution in [0.15, 0.2) is 66.7 Å². The van der Waals surface area contributed by atoms with Gasteiger partial charge in [-0.25, -0.2) is 4.98 Å². The standard InChI is InChI=1S/C28H30N6O/c29-23-17-22(25-26(30-23)33-34-32-25)21(19-7-3-1-4-8-19)18-24(35)31-28-14-11-27(12-15-28,13-16-28)20-9-5-2-6-10-20/h1-10,17,21H,11-16,18H2,(H,31,35)(H3,29,30,32,33,34). The van der Waals surface area contributed by atoms with Crippen molar-refractivity contribution in [3.63, 3.8) is 0 Å². The van der Waals surface area contributed by atoms with Crippen LogP contribution in [-0.4, -0.2) is 31.8 Å². The molecule has 2 aromatic carbocycles. The summed E-state index contributed by atoms with van der Waals surface area (Å²) in [6.07, 6.45) is 6.78. The predicted molar refractivity (Wildman–Crippen MR) is 136 cm³/mol. The number of carbonyl (C=O) groups excluding carboxylic acids is 1. The number of benzene rings is 2. The van der Waals surface area contributed by atoms with Crippen molar-refractivity contribution < 1.29 is 4.79 Å². The minimum atomic E-state index is -0.193. The molecule has 0 spiro atoms. The molecule has 3 aliphatic carbocycles. The van der Waals surface area contributed by atoms with Gasteiger partial charge in [-0.15, -0.1) is 5.10 Å². The molecule has 7 nitrogen and oxygen atoms in total. The maximum atomic E-state index is 13.6. The maximum Gasteiger partial charge on any atom is 0.221 e. The van der Waals surface area contributed by atoms with E-state index in [2.05, 4.69) is 56.0 Å². The minimum absolute atomic E-state index is 0.0694. The van der Waals surface area contributed by atoms with E-state index < -0.39 is 0 Å². The highest BCUT2D eigenvalue weighted by atomic mass is 16.1. The van der Waals surface area contributed by atoms with Gasteiger partial charge in [0.15, 0.2) is 0 Å². The number of amides is 1. The van der Waals surface area contributed by atoms with Crippen molar-refractivity contribution in [3.8, 4) is 0 Å². The van der Waals surface area contributed by atoms with E-state index in [1.165, 1.54) is 5.56 Å². The molecular formula is C28H30N6O. The molecule has 1 unspecified atom stereocenters. The first-order valence-corrected chi connectivity index (χ1v) is 12.4. The summed E-state index contributed by atoms with van der Waals surface area (Å²) in [4.78, 5) is 17.8. The Hall–Kier alpha value is -3.74. The molecule has 3 saturated carbocycles. The molecule has 2 heterocycles. The van der Waals surface area contributed by atoms with Crippen molar-refractivity contribution in [2.75, 3.05) is 5.73 Å². The number of rotatable bonds is 6. The molecule has 7 rings (SSSR count). The molecule has 178 valence electrons. The van der Waals surface area contributed by atoms with Crippen LogP contribution in [0.5, 0.6) is 0 Å². The monoisotopic (exact) mass is 466 g/mol. The van der Waals surface area contributed by atoms with Crippen LogP contribution in [0.25, 0.3) is 11.2 Å². The third-order valence-corrected chi connectivity index (χ3v) is 8.35. The molecule has 4 aromatic rings. The van der Waals surface area contributed by atoms with E-state index in [-0.39, 0.29) is 22.8 Å². The van der Waals surface area contributed by atoms with Crippen LogP contribution in [0.4, 0.5) is 5.82 Å². The number of nitrogens with two attached hydrogens (primary N) is 1. The normalized spacial score (nSPS) is 24.3. The van der Waals surface area contributed by atoms with Crippen molar-refractivity contribution in [1.82, 2.24) is 25.7 Å². The quantitative estimate of drug-likeness (QED) is 0.384. The van der Waals surface area contributed by atoms with E-state index in [0.717, 1.165) is 49.7 Å². The number of nitrogens with zero attached hydrogens (tertiary/aromatic N) is 3. The number of pyridine rings is 1. The Morgan fingerprint density at radius 2 is 1.60 bits per heavy atom. The largest absolute Gasteiger partial charge is 0.384 e. The number of nitrogens with one attached hydrogen (secondary N) is 2. The zero-order valence-corrected chi connectivity index (χ0v) is 19.7. The Labute approximate surface area is 204 Å². The second-order valence-electron chi connectivity index (χ2n) is 10.3. The zero-order valence-electron chi connectivity index (χ0n) is 19.7. The summed E-state index contributed by atoms with van der Waals surface area (Å²) in [5.74, 6) is 0.249. The minimum Gasteiger partial charge on any atom is -0.384 e. The zero-order chi connectivity index (χ0) is 23.9. The molecule has 2 aromatic heterocycles. The molecular weight excluding hydrogens is 436 g/mol. The van der Waals surface area contributed by atoms with Crippen LogP contribution in [0, 0.1) is 0 Å². The van der Waals surface area contributed by atoms with Crippen molar-refractivity contribution >= 4 is 22.9 Å². The third-order valence-electron chi connectivity index (χ3n) is 8.35. The highest BCUT2D eigenvalue weighted by molar-refractivity contribution is 5.82. The number of fused-ring (bicyclic) bond motifs is 4. The molecule has 3 fully saturated rings.